The Morgan fingerprint density at radius 3 is 1.17 bits per heavy atom. The summed E-state index contributed by atoms with van der Waals surface area (Å²) in [7, 11) is 0. The number of thiophene rings is 3. The maximum Gasteiger partial charge on any atom is 0.227 e. The number of rotatable bonds is 7. The number of aromatic nitrogens is 3. The third-order valence-corrected chi connectivity index (χ3v) is 22.1. The summed E-state index contributed by atoms with van der Waals surface area (Å²) < 4.78 is 26.4. The molecule has 0 amide bonds. The number of benzene rings is 12. The molecule has 12 aromatic carbocycles. The fraction of sp³-hybridized carbons (Fsp3) is 0.0964. The van der Waals surface area contributed by atoms with Crippen molar-refractivity contribution in [3.05, 3.63) is 269 Å². The van der Waals surface area contributed by atoms with Crippen LogP contribution in [0.3, 0.4) is 0 Å². The van der Waals surface area contributed by atoms with Crippen molar-refractivity contribution < 1.29 is 13.3 Å². The van der Waals surface area contributed by atoms with Crippen LogP contribution in [0.25, 0.3) is 162 Å². The highest BCUT2D eigenvalue weighted by atomic mass is 32.1. The van der Waals surface area contributed by atoms with Crippen molar-refractivity contribution in [1.29, 1.82) is 0 Å². The van der Waals surface area contributed by atoms with Crippen LogP contribution in [0, 0.1) is 41.5 Å². The average molecular weight is 1240 g/mol. The van der Waals surface area contributed by atoms with Crippen LogP contribution in [0.4, 0.5) is 0 Å². The van der Waals surface area contributed by atoms with Gasteiger partial charge in [0, 0.05) is 77.2 Å². The van der Waals surface area contributed by atoms with Crippen molar-refractivity contribution in [2.45, 2.75) is 54.9 Å². The molecule has 0 saturated heterocycles. The molecule has 0 radical (unpaired) electrons. The molecule has 6 heterocycles. The average Bonchev–Trinajstić information content (AvgIpc) is 1.74. The van der Waals surface area contributed by atoms with E-state index in [-0.39, 0.29) is 0 Å². The van der Waals surface area contributed by atoms with Gasteiger partial charge >= 0.3 is 0 Å². The van der Waals surface area contributed by atoms with Gasteiger partial charge in [-0.05, 0) is 193 Å². The number of nitrogens with zero attached hydrogens (tertiary/aromatic N) is 3. The minimum atomic E-state index is 0.668. The quantitative estimate of drug-likeness (QED) is 0.158. The van der Waals surface area contributed by atoms with Crippen molar-refractivity contribution in [2.75, 3.05) is 0 Å². The lowest BCUT2D eigenvalue weighted by Gasteiger charge is -2.08. The second-order valence-corrected chi connectivity index (χ2v) is 27.0. The summed E-state index contributed by atoms with van der Waals surface area (Å²) in [6.07, 6.45) is 0.935. The lowest BCUT2D eigenvalue weighted by atomic mass is 9.98. The van der Waals surface area contributed by atoms with Gasteiger partial charge < -0.3 is 13.3 Å². The number of hydrogen-bond donors (Lipinski definition) is 0. The standard InChI is InChI=1S/C29H23NOS.2C27H19NOS/c1-16-17(2)19(4)27-26(18(16)3)30-29(31-27)21-14-12-20(13-15-21)22-9-7-10-24-23-8-5-6-11-25(23)32-28(22)24;1-16-14-23-24(15-17(16)2)29-27(28-23)19-12-10-18(11-13-19)20-7-5-8-22-21-6-3-4-9-25(21)30-26(20)22;1-2-17-7-5-11-23-25(17)29-27(28-23)19-15-13-18(14-16-19)20-9-6-10-22-21-8-3-4-12-24(21)30-26(20)22/h5-15H,1-4H3;3-15H,1-2H3;3-16H,2H2,1H3. The van der Waals surface area contributed by atoms with Crippen LogP contribution < -0.4 is 0 Å². The molecule has 0 aliphatic carbocycles. The van der Waals surface area contributed by atoms with Gasteiger partial charge in [-0.25, -0.2) is 15.0 Å². The van der Waals surface area contributed by atoms with E-state index in [0.29, 0.717) is 17.7 Å². The Labute approximate surface area is 544 Å². The summed E-state index contributed by atoms with van der Waals surface area (Å²) in [6, 6.07) is 81.6. The number of para-hydroxylation sites is 1. The van der Waals surface area contributed by atoms with Gasteiger partial charge in [-0.2, -0.15) is 0 Å². The van der Waals surface area contributed by atoms with Gasteiger partial charge in [0.1, 0.15) is 16.6 Å². The summed E-state index contributed by atoms with van der Waals surface area (Å²) in [5, 5.41) is 7.95. The van der Waals surface area contributed by atoms with Gasteiger partial charge in [-0.15, -0.1) is 34.0 Å². The summed E-state index contributed by atoms with van der Waals surface area (Å²) >= 11 is 5.58. The third-order valence-electron chi connectivity index (χ3n) is 18.4. The summed E-state index contributed by atoms with van der Waals surface area (Å²) in [4.78, 5) is 14.3. The van der Waals surface area contributed by atoms with Gasteiger partial charge in [0.25, 0.3) is 0 Å². The lowest BCUT2D eigenvalue weighted by molar-refractivity contribution is 0.615. The second kappa shape index (κ2) is 23.2. The van der Waals surface area contributed by atoms with Crippen LogP contribution in [-0.4, -0.2) is 15.0 Å². The predicted molar refractivity (Wildman–Crippen MR) is 391 cm³/mol. The Kier molecular flexibility index (Phi) is 14.3. The molecular weight excluding hydrogens is 1180 g/mol. The highest BCUT2D eigenvalue weighted by molar-refractivity contribution is 7.27. The highest BCUT2D eigenvalue weighted by Gasteiger charge is 2.20. The van der Waals surface area contributed by atoms with Crippen LogP contribution >= 0.6 is 34.0 Å². The Bertz CT molecular complexity index is 5790. The van der Waals surface area contributed by atoms with Gasteiger partial charge in [-0.3, -0.25) is 0 Å². The lowest BCUT2D eigenvalue weighted by Crippen LogP contribution is -1.92. The first-order valence-electron chi connectivity index (χ1n) is 31.2. The van der Waals surface area contributed by atoms with E-state index in [1.54, 1.807) is 0 Å². The van der Waals surface area contributed by atoms with Gasteiger partial charge in [0.15, 0.2) is 16.7 Å². The summed E-state index contributed by atoms with van der Waals surface area (Å²) in [6.45, 7) is 14.9. The Morgan fingerprint density at radius 2 is 0.696 bits per heavy atom. The minimum absolute atomic E-state index is 0.668. The molecule has 0 fully saturated rings. The summed E-state index contributed by atoms with van der Waals surface area (Å²) in [5.74, 6) is 2.03. The number of oxazole rings is 3. The van der Waals surface area contributed by atoms with Crippen molar-refractivity contribution in [1.82, 2.24) is 15.0 Å². The van der Waals surface area contributed by atoms with Gasteiger partial charge in [-0.1, -0.05) is 165 Å². The third kappa shape index (κ3) is 9.96. The molecule has 0 unspecified atom stereocenters. The molecular formula is C83H61N3O3S3. The van der Waals surface area contributed by atoms with E-state index in [0.717, 1.165) is 56.4 Å². The topological polar surface area (TPSA) is 78.1 Å². The molecule has 0 spiro atoms. The zero-order valence-corrected chi connectivity index (χ0v) is 54.4. The van der Waals surface area contributed by atoms with Crippen molar-refractivity contribution in [3.63, 3.8) is 0 Å². The fourth-order valence-corrected chi connectivity index (χ4v) is 16.6. The Balaban J connectivity index is 0.000000110. The number of fused-ring (bicyclic) bond motifs is 12. The van der Waals surface area contributed by atoms with Crippen LogP contribution in [0.15, 0.2) is 244 Å². The second-order valence-electron chi connectivity index (χ2n) is 23.8. The maximum atomic E-state index is 6.25. The minimum Gasteiger partial charge on any atom is -0.436 e. The molecule has 0 aliphatic rings. The van der Waals surface area contributed by atoms with E-state index < -0.39 is 0 Å². The van der Waals surface area contributed by atoms with Crippen molar-refractivity contribution in [3.8, 4) is 67.7 Å². The molecule has 0 atom stereocenters. The predicted octanol–water partition coefficient (Wildman–Crippen LogP) is 25.0. The zero-order chi connectivity index (χ0) is 62.3. The van der Waals surface area contributed by atoms with Crippen LogP contribution in [0.2, 0.25) is 0 Å². The van der Waals surface area contributed by atoms with E-state index in [9.17, 15) is 0 Å². The maximum absolute atomic E-state index is 6.25. The molecule has 6 aromatic heterocycles. The monoisotopic (exact) mass is 1240 g/mol. The molecule has 0 saturated carbocycles. The molecule has 0 N–H and O–H groups in total. The Hall–Kier alpha value is -10.3. The van der Waals surface area contributed by atoms with Crippen molar-refractivity contribution >= 4 is 128 Å². The molecule has 0 bridgehead atoms. The smallest absolute Gasteiger partial charge is 0.227 e. The molecule has 18 aromatic rings. The van der Waals surface area contributed by atoms with Gasteiger partial charge in [0.05, 0.1) is 0 Å². The normalized spacial score (nSPS) is 11.7. The van der Waals surface area contributed by atoms with Crippen molar-refractivity contribution in [2.24, 2.45) is 0 Å². The van der Waals surface area contributed by atoms with Gasteiger partial charge in [0.2, 0.25) is 17.7 Å². The molecule has 6 nitrogen and oxygen atoms in total. The summed E-state index contributed by atoms with van der Waals surface area (Å²) in [5.41, 5.74) is 24.5. The first kappa shape index (κ1) is 56.9. The van der Waals surface area contributed by atoms with E-state index in [4.69, 9.17) is 28.2 Å². The van der Waals surface area contributed by atoms with E-state index in [1.807, 2.05) is 46.1 Å². The molecule has 0 aliphatic heterocycles. The first-order valence-corrected chi connectivity index (χ1v) is 33.6. The molecule has 18 rings (SSSR count). The fourth-order valence-electron chi connectivity index (χ4n) is 12.9. The molecule has 444 valence electrons. The number of hydrogen-bond acceptors (Lipinski definition) is 9. The van der Waals surface area contributed by atoms with Crippen LogP contribution in [-0.2, 0) is 6.42 Å². The van der Waals surface area contributed by atoms with Crippen LogP contribution in [0.5, 0.6) is 0 Å². The molecule has 92 heavy (non-hydrogen) atoms. The van der Waals surface area contributed by atoms with E-state index in [2.05, 4.69) is 267 Å². The Morgan fingerprint density at radius 1 is 0.315 bits per heavy atom. The first-order chi connectivity index (χ1) is 45.0. The van der Waals surface area contributed by atoms with E-state index in [1.165, 1.54) is 133 Å². The SMILES string of the molecule is CCc1cccc2nc(-c3ccc(-c4cccc5c4sc4ccccc45)cc3)oc12.Cc1c(C)c(C)c2oc(-c3ccc(-c4cccc5c4sc4ccccc45)cc3)nc2c1C.Cc1cc2nc(-c3ccc(-c4cccc5c4sc4ccccc45)cc3)oc2cc1C. The van der Waals surface area contributed by atoms with Crippen LogP contribution in [0.1, 0.15) is 45.9 Å². The largest absolute Gasteiger partial charge is 0.436 e. The highest BCUT2D eigenvalue weighted by Crippen LogP contribution is 2.44. The molecule has 9 heteroatoms. The van der Waals surface area contributed by atoms with E-state index >= 15 is 0 Å². The number of aryl methyl sites for hydroxylation is 5. The zero-order valence-electron chi connectivity index (χ0n) is 51.9.